The summed E-state index contributed by atoms with van der Waals surface area (Å²) >= 11 is 0. The van der Waals surface area contributed by atoms with Crippen LogP contribution in [-0.2, 0) is 7.05 Å². The number of aromatic nitrogens is 2. The van der Waals surface area contributed by atoms with Gasteiger partial charge in [0.15, 0.2) is 0 Å². The second kappa shape index (κ2) is 4.97. The number of anilines is 1. The molecule has 0 bridgehead atoms. The number of hydrogen-bond acceptors (Lipinski definition) is 3. The van der Waals surface area contributed by atoms with Crippen molar-refractivity contribution in [3.8, 4) is 0 Å². The molecule has 0 fully saturated rings. The highest BCUT2D eigenvalue weighted by Crippen LogP contribution is 2.18. The molecular weight excluding hydrogens is 219 g/mol. The molecule has 1 aromatic carbocycles. The van der Waals surface area contributed by atoms with E-state index in [4.69, 9.17) is 5.73 Å². The summed E-state index contributed by atoms with van der Waals surface area (Å²) in [4.78, 5) is 0. The fraction of sp³-hybridized carbons (Fsp3) is 0.250. The minimum absolute atomic E-state index is 0.0644. The summed E-state index contributed by atoms with van der Waals surface area (Å²) in [7, 11) is 1.85. The van der Waals surface area contributed by atoms with Gasteiger partial charge in [0.1, 0.15) is 5.82 Å². The molecule has 0 saturated heterocycles. The fourth-order valence-electron chi connectivity index (χ4n) is 1.68. The van der Waals surface area contributed by atoms with Crippen molar-refractivity contribution in [2.45, 2.75) is 6.04 Å². The number of hydrogen-bond donors (Lipinski definition) is 2. The van der Waals surface area contributed by atoms with Crippen LogP contribution in [-0.4, -0.2) is 16.3 Å². The van der Waals surface area contributed by atoms with Crippen molar-refractivity contribution in [2.75, 3.05) is 11.9 Å². The maximum atomic E-state index is 13.0. The van der Waals surface area contributed by atoms with Crippen LogP contribution in [0.5, 0.6) is 0 Å². The van der Waals surface area contributed by atoms with Crippen LogP contribution < -0.4 is 11.1 Å². The zero-order valence-corrected chi connectivity index (χ0v) is 9.60. The standard InChI is InChI=1S/C12H15FN4/c1-17-8-9(7-15-17)12(6-14)16-11-4-2-3-10(13)5-11/h2-5,7-8,12,16H,6,14H2,1H3. The lowest BCUT2D eigenvalue weighted by atomic mass is 10.1. The number of benzene rings is 1. The van der Waals surface area contributed by atoms with Gasteiger partial charge in [-0.15, -0.1) is 0 Å². The van der Waals surface area contributed by atoms with Gasteiger partial charge < -0.3 is 11.1 Å². The molecule has 5 heteroatoms. The van der Waals surface area contributed by atoms with Crippen LogP contribution in [0.4, 0.5) is 10.1 Å². The SMILES string of the molecule is Cn1cc(C(CN)Nc2cccc(F)c2)cn1. The molecule has 90 valence electrons. The summed E-state index contributed by atoms with van der Waals surface area (Å²) in [6.45, 7) is 0.419. The Hall–Kier alpha value is -1.88. The smallest absolute Gasteiger partial charge is 0.125 e. The third-order valence-electron chi connectivity index (χ3n) is 2.53. The van der Waals surface area contributed by atoms with Crippen molar-refractivity contribution < 1.29 is 4.39 Å². The summed E-state index contributed by atoms with van der Waals surface area (Å²) < 4.78 is 14.8. The van der Waals surface area contributed by atoms with E-state index in [1.165, 1.54) is 12.1 Å². The van der Waals surface area contributed by atoms with Crippen LogP contribution >= 0.6 is 0 Å². The van der Waals surface area contributed by atoms with Gasteiger partial charge in [-0.1, -0.05) is 6.07 Å². The highest BCUT2D eigenvalue weighted by molar-refractivity contribution is 5.45. The van der Waals surface area contributed by atoms with Gasteiger partial charge in [-0.3, -0.25) is 4.68 Å². The molecular formula is C12H15FN4. The molecule has 0 aliphatic heterocycles. The normalized spacial score (nSPS) is 12.4. The zero-order valence-electron chi connectivity index (χ0n) is 9.60. The van der Waals surface area contributed by atoms with E-state index in [2.05, 4.69) is 10.4 Å². The summed E-state index contributed by atoms with van der Waals surface area (Å²) in [6, 6.07) is 6.26. The van der Waals surface area contributed by atoms with E-state index < -0.39 is 0 Å². The molecule has 1 unspecified atom stereocenters. The zero-order chi connectivity index (χ0) is 12.3. The molecule has 0 spiro atoms. The summed E-state index contributed by atoms with van der Waals surface area (Å²) in [5.74, 6) is -0.267. The highest BCUT2D eigenvalue weighted by Gasteiger charge is 2.11. The molecule has 1 atom stereocenters. The number of nitrogens with two attached hydrogens (primary N) is 1. The van der Waals surface area contributed by atoms with E-state index in [0.29, 0.717) is 12.2 Å². The molecule has 0 saturated carbocycles. The molecule has 2 rings (SSSR count). The van der Waals surface area contributed by atoms with Crippen molar-refractivity contribution in [3.63, 3.8) is 0 Å². The average molecular weight is 234 g/mol. The predicted molar refractivity (Wildman–Crippen MR) is 65.0 cm³/mol. The number of aryl methyl sites for hydroxylation is 1. The molecule has 0 aliphatic carbocycles. The molecule has 1 heterocycles. The van der Waals surface area contributed by atoms with Crippen molar-refractivity contribution in [1.29, 1.82) is 0 Å². The largest absolute Gasteiger partial charge is 0.377 e. The molecule has 2 aromatic rings. The Morgan fingerprint density at radius 1 is 1.53 bits per heavy atom. The number of nitrogens with one attached hydrogen (secondary N) is 1. The lowest BCUT2D eigenvalue weighted by molar-refractivity contribution is 0.627. The fourth-order valence-corrected chi connectivity index (χ4v) is 1.68. The van der Waals surface area contributed by atoms with Gasteiger partial charge in [0.25, 0.3) is 0 Å². The van der Waals surface area contributed by atoms with Crippen LogP contribution in [0.3, 0.4) is 0 Å². The highest BCUT2D eigenvalue weighted by atomic mass is 19.1. The van der Waals surface area contributed by atoms with Crippen LogP contribution in [0.1, 0.15) is 11.6 Å². The first-order valence-corrected chi connectivity index (χ1v) is 5.40. The Morgan fingerprint density at radius 2 is 2.35 bits per heavy atom. The number of rotatable bonds is 4. The minimum Gasteiger partial charge on any atom is -0.377 e. The van der Waals surface area contributed by atoms with E-state index in [0.717, 1.165) is 5.56 Å². The first kappa shape index (κ1) is 11.6. The molecule has 4 nitrogen and oxygen atoms in total. The van der Waals surface area contributed by atoms with Crippen LogP contribution in [0.2, 0.25) is 0 Å². The summed E-state index contributed by atoms with van der Waals surface area (Å²) in [6.07, 6.45) is 3.65. The van der Waals surface area contributed by atoms with Gasteiger partial charge in [0, 0.05) is 31.0 Å². The lowest BCUT2D eigenvalue weighted by Crippen LogP contribution is -2.20. The van der Waals surface area contributed by atoms with Gasteiger partial charge in [-0.25, -0.2) is 4.39 Å². The quantitative estimate of drug-likeness (QED) is 0.846. The second-order valence-electron chi connectivity index (χ2n) is 3.89. The third-order valence-corrected chi connectivity index (χ3v) is 2.53. The topological polar surface area (TPSA) is 55.9 Å². The second-order valence-corrected chi connectivity index (χ2v) is 3.89. The minimum atomic E-state index is -0.267. The lowest BCUT2D eigenvalue weighted by Gasteiger charge is -2.16. The molecule has 0 amide bonds. The first-order valence-electron chi connectivity index (χ1n) is 5.40. The number of nitrogens with zero attached hydrogens (tertiary/aromatic N) is 2. The molecule has 0 radical (unpaired) electrons. The average Bonchev–Trinajstić information content (AvgIpc) is 2.73. The monoisotopic (exact) mass is 234 g/mol. The Bertz CT molecular complexity index is 495. The maximum Gasteiger partial charge on any atom is 0.125 e. The Morgan fingerprint density at radius 3 is 2.94 bits per heavy atom. The predicted octanol–water partition coefficient (Wildman–Crippen LogP) is 1.67. The Kier molecular flexibility index (Phi) is 3.39. The van der Waals surface area contributed by atoms with Gasteiger partial charge in [0.05, 0.1) is 12.2 Å². The van der Waals surface area contributed by atoms with Crippen molar-refractivity contribution >= 4 is 5.69 Å². The van der Waals surface area contributed by atoms with Gasteiger partial charge in [0.2, 0.25) is 0 Å². The van der Waals surface area contributed by atoms with Crippen molar-refractivity contribution in [1.82, 2.24) is 9.78 Å². The van der Waals surface area contributed by atoms with Crippen molar-refractivity contribution in [3.05, 3.63) is 48.0 Å². The van der Waals surface area contributed by atoms with E-state index in [1.807, 2.05) is 19.3 Å². The summed E-state index contributed by atoms with van der Waals surface area (Å²) in [5, 5.41) is 7.27. The third kappa shape index (κ3) is 2.82. The molecule has 17 heavy (non-hydrogen) atoms. The van der Waals surface area contributed by atoms with E-state index in [9.17, 15) is 4.39 Å². The maximum absolute atomic E-state index is 13.0. The van der Waals surface area contributed by atoms with Gasteiger partial charge in [-0.05, 0) is 18.2 Å². The number of halogens is 1. The van der Waals surface area contributed by atoms with Gasteiger partial charge >= 0.3 is 0 Å². The first-order chi connectivity index (χ1) is 8.19. The van der Waals surface area contributed by atoms with Gasteiger partial charge in [-0.2, -0.15) is 5.10 Å². The Balaban J connectivity index is 2.15. The molecule has 1 aromatic heterocycles. The van der Waals surface area contributed by atoms with E-state index in [1.54, 1.807) is 16.9 Å². The van der Waals surface area contributed by atoms with Crippen LogP contribution in [0.15, 0.2) is 36.7 Å². The molecule has 3 N–H and O–H groups in total. The van der Waals surface area contributed by atoms with Crippen LogP contribution in [0, 0.1) is 5.82 Å². The molecule has 0 aliphatic rings. The van der Waals surface area contributed by atoms with E-state index in [-0.39, 0.29) is 11.9 Å². The van der Waals surface area contributed by atoms with Crippen LogP contribution in [0.25, 0.3) is 0 Å². The van der Waals surface area contributed by atoms with E-state index >= 15 is 0 Å². The summed E-state index contributed by atoms with van der Waals surface area (Å²) in [5.41, 5.74) is 7.40. The van der Waals surface area contributed by atoms with Crippen molar-refractivity contribution in [2.24, 2.45) is 12.8 Å². The Labute approximate surface area is 99.2 Å².